The van der Waals surface area contributed by atoms with Crippen molar-refractivity contribution >= 4 is 17.4 Å². The monoisotopic (exact) mass is 364 g/mol. The number of para-hydroxylation sites is 1. The van der Waals surface area contributed by atoms with Crippen molar-refractivity contribution in [3.63, 3.8) is 0 Å². The molecule has 130 valence electrons. The van der Waals surface area contributed by atoms with Crippen molar-refractivity contribution in [1.29, 1.82) is 0 Å². The fourth-order valence-corrected chi connectivity index (χ4v) is 3.03. The van der Waals surface area contributed by atoms with E-state index in [9.17, 15) is 4.79 Å². The molecule has 1 aliphatic heterocycles. The van der Waals surface area contributed by atoms with Crippen LogP contribution in [0.3, 0.4) is 0 Å². The molecule has 4 heteroatoms. The van der Waals surface area contributed by atoms with E-state index >= 15 is 0 Å². The molecule has 0 radical (unpaired) electrons. The van der Waals surface area contributed by atoms with Crippen molar-refractivity contribution in [2.24, 2.45) is 0 Å². The van der Waals surface area contributed by atoms with Gasteiger partial charge in [-0.2, -0.15) is 0 Å². The van der Waals surface area contributed by atoms with Gasteiger partial charge in [-0.05, 0) is 35.4 Å². The Hall–Kier alpha value is -2.62. The summed E-state index contributed by atoms with van der Waals surface area (Å²) >= 11 is 5.91. The van der Waals surface area contributed by atoms with Gasteiger partial charge < -0.3 is 9.47 Å². The van der Waals surface area contributed by atoms with Crippen LogP contribution in [-0.4, -0.2) is 11.9 Å². The number of ether oxygens (including phenoxy) is 2. The molecule has 3 aromatic rings. The van der Waals surface area contributed by atoms with Gasteiger partial charge in [0, 0.05) is 5.02 Å². The lowest BCUT2D eigenvalue weighted by molar-refractivity contribution is 0.0949. The van der Waals surface area contributed by atoms with Gasteiger partial charge in [-0.25, -0.2) is 0 Å². The molecule has 1 heterocycles. The molecule has 1 saturated heterocycles. The maximum Gasteiger partial charge on any atom is 0.198 e. The first-order valence-electron chi connectivity index (χ1n) is 8.43. The minimum atomic E-state index is -0.474. The van der Waals surface area contributed by atoms with Crippen molar-refractivity contribution in [3.05, 3.63) is 101 Å². The van der Waals surface area contributed by atoms with E-state index in [1.807, 2.05) is 60.7 Å². The number of epoxide rings is 1. The van der Waals surface area contributed by atoms with Gasteiger partial charge in [0.05, 0.1) is 5.56 Å². The number of carbonyl (C=O) groups excluding carboxylic acids is 1. The largest absolute Gasteiger partial charge is 0.488 e. The van der Waals surface area contributed by atoms with Gasteiger partial charge in [0.15, 0.2) is 11.9 Å². The van der Waals surface area contributed by atoms with Gasteiger partial charge in [-0.15, -0.1) is 0 Å². The highest BCUT2D eigenvalue weighted by Gasteiger charge is 2.46. The summed E-state index contributed by atoms with van der Waals surface area (Å²) in [6.45, 7) is 0.414. The normalized spacial score (nSPS) is 18.3. The first-order chi connectivity index (χ1) is 12.7. The molecule has 26 heavy (non-hydrogen) atoms. The first kappa shape index (κ1) is 16.8. The van der Waals surface area contributed by atoms with Crippen molar-refractivity contribution in [2.75, 3.05) is 0 Å². The predicted octanol–water partition coefficient (Wildman–Crippen LogP) is 5.24. The highest BCUT2D eigenvalue weighted by Crippen LogP contribution is 2.42. The number of hydrogen-bond donors (Lipinski definition) is 0. The minimum absolute atomic E-state index is 0.0615. The molecular weight excluding hydrogens is 348 g/mol. The lowest BCUT2D eigenvalue weighted by atomic mass is 10.0. The molecule has 0 N–H and O–H groups in total. The second-order valence-electron chi connectivity index (χ2n) is 6.16. The molecule has 0 unspecified atom stereocenters. The van der Waals surface area contributed by atoms with Crippen LogP contribution in [0, 0.1) is 0 Å². The summed E-state index contributed by atoms with van der Waals surface area (Å²) in [4.78, 5) is 12.9. The van der Waals surface area contributed by atoms with Crippen LogP contribution in [-0.2, 0) is 11.3 Å². The molecule has 0 amide bonds. The second kappa shape index (κ2) is 7.32. The number of carbonyl (C=O) groups is 1. The Labute approximate surface area is 157 Å². The van der Waals surface area contributed by atoms with Crippen molar-refractivity contribution in [3.8, 4) is 5.75 Å². The molecule has 0 spiro atoms. The zero-order valence-corrected chi connectivity index (χ0v) is 14.7. The van der Waals surface area contributed by atoms with Crippen LogP contribution in [0.25, 0.3) is 0 Å². The number of ketones is 1. The van der Waals surface area contributed by atoms with Crippen LogP contribution in [0.5, 0.6) is 5.75 Å². The van der Waals surface area contributed by atoms with E-state index in [1.165, 1.54) is 0 Å². The number of rotatable bonds is 6. The smallest absolute Gasteiger partial charge is 0.198 e. The van der Waals surface area contributed by atoms with Crippen molar-refractivity contribution in [2.45, 2.75) is 18.8 Å². The molecular formula is C22H17ClO3. The summed E-state index contributed by atoms with van der Waals surface area (Å²) in [5, 5.41) is 0.664. The van der Waals surface area contributed by atoms with Gasteiger partial charge >= 0.3 is 0 Å². The molecule has 0 saturated carbocycles. The third kappa shape index (κ3) is 3.64. The topological polar surface area (TPSA) is 38.8 Å². The third-order valence-corrected chi connectivity index (χ3v) is 4.59. The molecule has 0 aliphatic carbocycles. The quantitative estimate of drug-likeness (QED) is 0.443. The van der Waals surface area contributed by atoms with E-state index in [0.29, 0.717) is 22.9 Å². The zero-order valence-electron chi connectivity index (χ0n) is 14.0. The van der Waals surface area contributed by atoms with Gasteiger partial charge in [-0.1, -0.05) is 66.2 Å². The van der Waals surface area contributed by atoms with Gasteiger partial charge in [-0.3, -0.25) is 4.79 Å². The summed E-state index contributed by atoms with van der Waals surface area (Å²) in [5.41, 5.74) is 2.55. The Balaban J connectivity index is 1.48. The fraction of sp³-hybridized carbons (Fsp3) is 0.136. The third-order valence-electron chi connectivity index (χ3n) is 4.34. The zero-order chi connectivity index (χ0) is 17.9. The molecule has 4 rings (SSSR count). The van der Waals surface area contributed by atoms with Crippen molar-refractivity contribution < 1.29 is 14.3 Å². The minimum Gasteiger partial charge on any atom is -0.488 e. The predicted molar refractivity (Wildman–Crippen MR) is 101 cm³/mol. The standard InChI is InChI=1S/C22H17ClO3/c23-17-12-10-16(11-13-17)21-22(26-21)20(24)18-8-4-5-9-19(18)25-14-15-6-2-1-3-7-15/h1-13,21-22H,14H2/t21-,22-/m1/s1. The first-order valence-corrected chi connectivity index (χ1v) is 8.81. The maximum atomic E-state index is 12.9. The number of halogens is 1. The summed E-state index contributed by atoms with van der Waals surface area (Å²) in [6, 6.07) is 24.5. The molecule has 1 aliphatic rings. The molecule has 0 bridgehead atoms. The highest BCUT2D eigenvalue weighted by molar-refractivity contribution is 6.30. The molecule has 0 aromatic heterocycles. The highest BCUT2D eigenvalue weighted by atomic mass is 35.5. The summed E-state index contributed by atoms with van der Waals surface area (Å²) in [6.07, 6.45) is -0.695. The summed E-state index contributed by atoms with van der Waals surface area (Å²) in [5.74, 6) is 0.514. The summed E-state index contributed by atoms with van der Waals surface area (Å²) < 4.78 is 11.5. The van der Waals surface area contributed by atoms with Gasteiger partial charge in [0.1, 0.15) is 18.5 Å². The van der Waals surface area contributed by atoms with Crippen LogP contribution in [0.2, 0.25) is 5.02 Å². The Morgan fingerprint density at radius 1 is 0.923 bits per heavy atom. The second-order valence-corrected chi connectivity index (χ2v) is 6.60. The van der Waals surface area contributed by atoms with E-state index < -0.39 is 6.10 Å². The Morgan fingerprint density at radius 3 is 2.38 bits per heavy atom. The average molecular weight is 365 g/mol. The van der Waals surface area contributed by atoms with Crippen LogP contribution in [0.4, 0.5) is 0 Å². The molecule has 3 aromatic carbocycles. The molecule has 1 fully saturated rings. The Bertz CT molecular complexity index is 906. The van der Waals surface area contributed by atoms with E-state index in [2.05, 4.69) is 0 Å². The van der Waals surface area contributed by atoms with Crippen LogP contribution >= 0.6 is 11.6 Å². The van der Waals surface area contributed by atoms with Gasteiger partial charge in [0.25, 0.3) is 0 Å². The SMILES string of the molecule is O=C(c1ccccc1OCc1ccccc1)[C@H]1O[C@@H]1c1ccc(Cl)cc1. The van der Waals surface area contributed by atoms with E-state index in [4.69, 9.17) is 21.1 Å². The van der Waals surface area contributed by atoms with Crippen LogP contribution < -0.4 is 4.74 Å². The number of hydrogen-bond acceptors (Lipinski definition) is 3. The van der Waals surface area contributed by atoms with Crippen molar-refractivity contribution in [1.82, 2.24) is 0 Å². The van der Waals surface area contributed by atoms with E-state index in [0.717, 1.165) is 11.1 Å². The Morgan fingerprint density at radius 2 is 1.62 bits per heavy atom. The van der Waals surface area contributed by atoms with Crippen LogP contribution in [0.1, 0.15) is 27.6 Å². The lowest BCUT2D eigenvalue weighted by Crippen LogP contribution is -2.10. The van der Waals surface area contributed by atoms with Crippen LogP contribution in [0.15, 0.2) is 78.9 Å². The Kier molecular flexibility index (Phi) is 4.74. The fourth-order valence-electron chi connectivity index (χ4n) is 2.90. The lowest BCUT2D eigenvalue weighted by Gasteiger charge is -2.10. The van der Waals surface area contributed by atoms with E-state index in [1.54, 1.807) is 18.2 Å². The average Bonchev–Trinajstić information content (AvgIpc) is 3.48. The molecule has 3 nitrogen and oxygen atoms in total. The maximum absolute atomic E-state index is 12.9. The summed E-state index contributed by atoms with van der Waals surface area (Å²) in [7, 11) is 0. The number of Topliss-reactive ketones (excluding diaryl/α,β-unsaturated/α-hetero) is 1. The number of benzene rings is 3. The van der Waals surface area contributed by atoms with Gasteiger partial charge in [0.2, 0.25) is 0 Å². The van der Waals surface area contributed by atoms with E-state index in [-0.39, 0.29) is 11.9 Å². The molecule has 2 atom stereocenters.